The summed E-state index contributed by atoms with van der Waals surface area (Å²) in [6.45, 7) is 2.77. The number of amides is 1. The Labute approximate surface area is 137 Å². The molecule has 7 heteroatoms. The summed E-state index contributed by atoms with van der Waals surface area (Å²) >= 11 is 3.37. The Bertz CT molecular complexity index is 590. The highest BCUT2D eigenvalue weighted by molar-refractivity contribution is 9.10. The summed E-state index contributed by atoms with van der Waals surface area (Å²) in [4.78, 5) is 25.2. The minimum absolute atomic E-state index is 0.313. The number of nitrogens with zero attached hydrogens (tertiary/aromatic N) is 1. The van der Waals surface area contributed by atoms with Crippen LogP contribution in [0.5, 0.6) is 11.5 Å². The average Bonchev–Trinajstić information content (AvgIpc) is 2.98. The lowest BCUT2D eigenvalue weighted by Crippen LogP contribution is -2.40. The fourth-order valence-corrected chi connectivity index (χ4v) is 3.12. The van der Waals surface area contributed by atoms with Gasteiger partial charge in [0.1, 0.15) is 6.04 Å². The quantitative estimate of drug-likeness (QED) is 0.860. The Morgan fingerprint density at radius 2 is 2.18 bits per heavy atom. The normalized spacial score (nSPS) is 17.4. The zero-order valence-electron chi connectivity index (χ0n) is 12.5. The standard InChI is InChI=1S/C15H18BrNO5/c1-3-22-13-10(16)7-9(8-12(13)21-2)14(18)17-6-4-5-11(17)15(19)20/h7-8,11H,3-6H2,1-2H3,(H,19,20)/t11-/m0/s1. The molecule has 1 aliphatic rings. The molecule has 1 aromatic rings. The van der Waals surface area contributed by atoms with Gasteiger partial charge in [-0.3, -0.25) is 4.79 Å². The van der Waals surface area contributed by atoms with Crippen molar-refractivity contribution in [1.29, 1.82) is 0 Å². The summed E-state index contributed by atoms with van der Waals surface area (Å²) in [6, 6.07) is 2.45. The summed E-state index contributed by atoms with van der Waals surface area (Å²) in [5, 5.41) is 9.20. The largest absolute Gasteiger partial charge is 0.493 e. The Morgan fingerprint density at radius 3 is 2.77 bits per heavy atom. The molecule has 2 rings (SSSR count). The molecule has 1 amide bonds. The van der Waals surface area contributed by atoms with E-state index in [0.29, 0.717) is 47.5 Å². The van der Waals surface area contributed by atoms with Crippen LogP contribution < -0.4 is 9.47 Å². The number of carbonyl (C=O) groups excluding carboxylic acids is 1. The molecule has 6 nitrogen and oxygen atoms in total. The maximum absolute atomic E-state index is 12.6. The zero-order chi connectivity index (χ0) is 16.3. The first kappa shape index (κ1) is 16.6. The number of likely N-dealkylation sites (tertiary alicyclic amines) is 1. The molecular weight excluding hydrogens is 354 g/mol. The number of hydrogen-bond donors (Lipinski definition) is 1. The molecule has 1 saturated heterocycles. The van der Waals surface area contributed by atoms with Crippen LogP contribution in [-0.4, -0.2) is 48.2 Å². The van der Waals surface area contributed by atoms with Crippen molar-refractivity contribution >= 4 is 27.8 Å². The maximum atomic E-state index is 12.6. The SMILES string of the molecule is CCOc1c(Br)cc(C(=O)N2CCC[C@H]2C(=O)O)cc1OC. The number of halogens is 1. The maximum Gasteiger partial charge on any atom is 0.326 e. The number of carboxylic acids is 1. The Balaban J connectivity index is 2.34. The molecule has 1 N–H and O–H groups in total. The van der Waals surface area contributed by atoms with E-state index >= 15 is 0 Å². The van der Waals surface area contributed by atoms with Crippen LogP contribution in [0.4, 0.5) is 0 Å². The second-order valence-electron chi connectivity index (χ2n) is 4.92. The van der Waals surface area contributed by atoms with Gasteiger partial charge in [0.05, 0.1) is 18.2 Å². The summed E-state index contributed by atoms with van der Waals surface area (Å²) in [7, 11) is 1.49. The van der Waals surface area contributed by atoms with Crippen LogP contribution in [0.1, 0.15) is 30.1 Å². The first-order valence-electron chi connectivity index (χ1n) is 7.03. The van der Waals surface area contributed by atoms with Gasteiger partial charge in [0.2, 0.25) is 0 Å². The van der Waals surface area contributed by atoms with Gasteiger partial charge < -0.3 is 19.5 Å². The third-order valence-electron chi connectivity index (χ3n) is 3.56. The number of benzene rings is 1. The van der Waals surface area contributed by atoms with Crippen LogP contribution >= 0.6 is 15.9 Å². The molecule has 0 spiro atoms. The molecule has 1 heterocycles. The molecule has 1 fully saturated rings. The van der Waals surface area contributed by atoms with Gasteiger partial charge in [0.15, 0.2) is 11.5 Å². The van der Waals surface area contributed by atoms with Crippen molar-refractivity contribution < 1.29 is 24.2 Å². The lowest BCUT2D eigenvalue weighted by atomic mass is 10.1. The van der Waals surface area contributed by atoms with Crippen molar-refractivity contribution in [1.82, 2.24) is 4.90 Å². The van der Waals surface area contributed by atoms with Crippen LogP contribution in [0.2, 0.25) is 0 Å². The van der Waals surface area contributed by atoms with Crippen LogP contribution in [0, 0.1) is 0 Å². The second kappa shape index (κ2) is 7.00. The minimum Gasteiger partial charge on any atom is -0.493 e. The van der Waals surface area contributed by atoms with Crippen molar-refractivity contribution in [2.45, 2.75) is 25.8 Å². The van der Waals surface area contributed by atoms with E-state index in [4.69, 9.17) is 9.47 Å². The van der Waals surface area contributed by atoms with Gasteiger partial charge in [-0.1, -0.05) is 0 Å². The first-order chi connectivity index (χ1) is 10.5. The Morgan fingerprint density at radius 1 is 1.45 bits per heavy atom. The van der Waals surface area contributed by atoms with Crippen LogP contribution in [0.25, 0.3) is 0 Å². The number of aliphatic carboxylic acids is 1. The number of carbonyl (C=O) groups is 2. The molecular formula is C15H18BrNO5. The smallest absolute Gasteiger partial charge is 0.326 e. The molecule has 1 aromatic carbocycles. The van der Waals surface area contributed by atoms with Gasteiger partial charge in [-0.25, -0.2) is 4.79 Å². The molecule has 22 heavy (non-hydrogen) atoms. The Hall–Kier alpha value is -1.76. The predicted octanol–water partition coefficient (Wildman–Crippen LogP) is 2.55. The van der Waals surface area contributed by atoms with E-state index in [-0.39, 0.29) is 5.91 Å². The van der Waals surface area contributed by atoms with Crippen LogP contribution in [-0.2, 0) is 4.79 Å². The van der Waals surface area contributed by atoms with Gasteiger partial charge >= 0.3 is 5.97 Å². The topological polar surface area (TPSA) is 76.1 Å². The van der Waals surface area contributed by atoms with E-state index in [1.807, 2.05) is 6.92 Å². The minimum atomic E-state index is -0.970. The van der Waals surface area contributed by atoms with Gasteiger partial charge in [0, 0.05) is 12.1 Å². The van der Waals surface area contributed by atoms with Crippen LogP contribution in [0.15, 0.2) is 16.6 Å². The summed E-state index contributed by atoms with van der Waals surface area (Å²) in [6.07, 6.45) is 1.18. The van der Waals surface area contributed by atoms with E-state index in [2.05, 4.69) is 15.9 Å². The van der Waals surface area contributed by atoms with Gasteiger partial charge in [-0.05, 0) is 47.8 Å². The molecule has 1 aliphatic heterocycles. The van der Waals surface area contributed by atoms with E-state index < -0.39 is 12.0 Å². The van der Waals surface area contributed by atoms with Crippen molar-refractivity contribution in [3.63, 3.8) is 0 Å². The molecule has 0 saturated carbocycles. The number of carboxylic acid groups (broad SMARTS) is 1. The third kappa shape index (κ3) is 3.19. The highest BCUT2D eigenvalue weighted by Gasteiger charge is 2.34. The highest BCUT2D eigenvalue weighted by atomic mass is 79.9. The number of rotatable bonds is 5. The van der Waals surface area contributed by atoms with E-state index in [1.165, 1.54) is 12.0 Å². The van der Waals surface area contributed by atoms with Gasteiger partial charge in [0.25, 0.3) is 5.91 Å². The second-order valence-corrected chi connectivity index (χ2v) is 5.77. The summed E-state index contributed by atoms with van der Waals surface area (Å²) < 4.78 is 11.4. The first-order valence-corrected chi connectivity index (χ1v) is 7.83. The lowest BCUT2D eigenvalue weighted by molar-refractivity contribution is -0.141. The van der Waals surface area contributed by atoms with Crippen LogP contribution in [0.3, 0.4) is 0 Å². The van der Waals surface area contributed by atoms with E-state index in [9.17, 15) is 14.7 Å². The highest BCUT2D eigenvalue weighted by Crippen LogP contribution is 2.37. The average molecular weight is 372 g/mol. The molecule has 0 bridgehead atoms. The molecule has 120 valence electrons. The lowest BCUT2D eigenvalue weighted by Gasteiger charge is -2.22. The number of hydrogen-bond acceptors (Lipinski definition) is 4. The fourth-order valence-electron chi connectivity index (χ4n) is 2.56. The molecule has 1 atom stereocenters. The summed E-state index contributed by atoms with van der Waals surface area (Å²) in [5.41, 5.74) is 0.375. The van der Waals surface area contributed by atoms with Crippen molar-refractivity contribution in [3.05, 3.63) is 22.2 Å². The van der Waals surface area contributed by atoms with E-state index in [0.717, 1.165) is 0 Å². The molecule has 0 unspecified atom stereocenters. The predicted molar refractivity (Wildman–Crippen MR) is 83.6 cm³/mol. The van der Waals surface area contributed by atoms with Gasteiger partial charge in [-0.15, -0.1) is 0 Å². The van der Waals surface area contributed by atoms with Crippen molar-refractivity contribution in [3.8, 4) is 11.5 Å². The molecule has 0 aromatic heterocycles. The fraction of sp³-hybridized carbons (Fsp3) is 0.467. The molecule has 0 aliphatic carbocycles. The van der Waals surface area contributed by atoms with Gasteiger partial charge in [-0.2, -0.15) is 0 Å². The zero-order valence-corrected chi connectivity index (χ0v) is 14.1. The Kier molecular flexibility index (Phi) is 5.28. The summed E-state index contributed by atoms with van der Waals surface area (Å²) in [5.74, 6) is -0.321. The molecule has 0 radical (unpaired) electrons. The van der Waals surface area contributed by atoms with E-state index in [1.54, 1.807) is 12.1 Å². The number of ether oxygens (including phenoxy) is 2. The monoisotopic (exact) mass is 371 g/mol. The number of methoxy groups -OCH3 is 1. The third-order valence-corrected chi connectivity index (χ3v) is 4.15. The van der Waals surface area contributed by atoms with Crippen molar-refractivity contribution in [2.75, 3.05) is 20.3 Å². The van der Waals surface area contributed by atoms with Crippen molar-refractivity contribution in [2.24, 2.45) is 0 Å².